The summed E-state index contributed by atoms with van der Waals surface area (Å²) in [6, 6.07) is 12.2. The van der Waals surface area contributed by atoms with Crippen LogP contribution in [0.1, 0.15) is 18.7 Å². The van der Waals surface area contributed by atoms with Crippen molar-refractivity contribution in [2.75, 3.05) is 44.7 Å². The molecule has 1 aliphatic rings. The number of carbonyl (C=O) groups excluding carboxylic acids is 1. The number of quaternary nitrogens is 1. The summed E-state index contributed by atoms with van der Waals surface area (Å²) in [7, 11) is 1.68. The van der Waals surface area contributed by atoms with Crippen LogP contribution < -0.4 is 19.9 Å². The monoisotopic (exact) mass is 344 g/mol. The van der Waals surface area contributed by atoms with Gasteiger partial charge in [0.15, 0.2) is 11.8 Å². The van der Waals surface area contributed by atoms with E-state index in [9.17, 15) is 4.79 Å². The quantitative estimate of drug-likeness (QED) is 0.816. The first-order valence-corrected chi connectivity index (χ1v) is 8.69. The molecule has 0 aliphatic carbocycles. The Balaban J connectivity index is 1.63. The number of amides is 1. The lowest BCUT2D eigenvalue weighted by atomic mass is 10.1. The van der Waals surface area contributed by atoms with Gasteiger partial charge in [-0.25, -0.2) is 0 Å². The van der Waals surface area contributed by atoms with Gasteiger partial charge in [0.1, 0.15) is 5.75 Å². The highest BCUT2D eigenvalue weighted by molar-refractivity contribution is 5.72. The van der Waals surface area contributed by atoms with Crippen molar-refractivity contribution < 1.29 is 18.8 Å². The Morgan fingerprint density at radius 2 is 2.00 bits per heavy atom. The number of methoxy groups -OCH3 is 1. The lowest BCUT2D eigenvalue weighted by Crippen LogP contribution is -3.15. The molecule has 0 saturated carbocycles. The molecule has 0 bridgehead atoms. The first kappa shape index (κ1) is 17.4. The Morgan fingerprint density at radius 3 is 2.56 bits per heavy atom. The van der Waals surface area contributed by atoms with Crippen LogP contribution in [0.5, 0.6) is 5.75 Å². The molecule has 1 amide bonds. The molecule has 2 aromatic rings. The number of carbonyl (C=O) groups is 1. The van der Waals surface area contributed by atoms with Crippen molar-refractivity contribution in [2.45, 2.75) is 13.0 Å². The number of ether oxygens (including phenoxy) is 1. The van der Waals surface area contributed by atoms with E-state index in [1.54, 1.807) is 20.3 Å². The standard InChI is InChI=1S/C19H25N3O3/c1-15(23)20-14-18(19-4-3-13-25-19)22-11-9-21(10-12-22)16-5-7-17(24-2)8-6-16/h3-8,13,18H,9-12,14H2,1-2H3,(H,20,23)/p+1/t18-/m1/s1. The molecular weight excluding hydrogens is 318 g/mol. The lowest BCUT2D eigenvalue weighted by molar-refractivity contribution is -0.932. The Kier molecular flexibility index (Phi) is 5.60. The average molecular weight is 344 g/mol. The molecule has 0 unspecified atom stereocenters. The van der Waals surface area contributed by atoms with E-state index in [1.807, 2.05) is 24.3 Å². The highest BCUT2D eigenvalue weighted by Crippen LogP contribution is 2.19. The van der Waals surface area contributed by atoms with Crippen LogP contribution in [0.3, 0.4) is 0 Å². The molecule has 6 nitrogen and oxygen atoms in total. The number of benzene rings is 1. The van der Waals surface area contributed by atoms with Crippen molar-refractivity contribution in [3.63, 3.8) is 0 Å². The van der Waals surface area contributed by atoms with E-state index in [0.29, 0.717) is 6.54 Å². The fourth-order valence-corrected chi connectivity index (χ4v) is 3.38. The van der Waals surface area contributed by atoms with E-state index >= 15 is 0 Å². The molecule has 2 heterocycles. The molecule has 1 fully saturated rings. The van der Waals surface area contributed by atoms with Crippen LogP contribution in [-0.2, 0) is 4.79 Å². The van der Waals surface area contributed by atoms with Crippen LogP contribution in [0.4, 0.5) is 5.69 Å². The van der Waals surface area contributed by atoms with Gasteiger partial charge in [-0.1, -0.05) is 0 Å². The summed E-state index contributed by atoms with van der Waals surface area (Å²) in [4.78, 5) is 15.1. The van der Waals surface area contributed by atoms with Crippen LogP contribution in [0.2, 0.25) is 0 Å². The molecule has 1 saturated heterocycles. The molecule has 1 aliphatic heterocycles. The number of anilines is 1. The maximum absolute atomic E-state index is 11.3. The number of hydrogen-bond donors (Lipinski definition) is 2. The number of piperazine rings is 1. The topological polar surface area (TPSA) is 59.1 Å². The van der Waals surface area contributed by atoms with E-state index in [1.165, 1.54) is 10.6 Å². The third-order valence-electron chi connectivity index (χ3n) is 4.78. The minimum atomic E-state index is -0.00664. The van der Waals surface area contributed by atoms with E-state index in [4.69, 9.17) is 9.15 Å². The second kappa shape index (κ2) is 8.07. The summed E-state index contributed by atoms with van der Waals surface area (Å²) in [5.74, 6) is 1.80. The summed E-state index contributed by atoms with van der Waals surface area (Å²) in [5.41, 5.74) is 1.22. The number of rotatable bonds is 6. The van der Waals surface area contributed by atoms with Crippen LogP contribution in [0, 0.1) is 0 Å². The van der Waals surface area contributed by atoms with Crippen molar-refractivity contribution in [1.29, 1.82) is 0 Å². The first-order chi connectivity index (χ1) is 12.2. The smallest absolute Gasteiger partial charge is 0.217 e. The third kappa shape index (κ3) is 4.33. The molecule has 1 aromatic carbocycles. The molecule has 134 valence electrons. The Labute approximate surface area is 148 Å². The first-order valence-electron chi connectivity index (χ1n) is 8.69. The van der Waals surface area contributed by atoms with Gasteiger partial charge >= 0.3 is 0 Å². The maximum atomic E-state index is 11.3. The zero-order valence-electron chi connectivity index (χ0n) is 14.8. The van der Waals surface area contributed by atoms with Crippen molar-refractivity contribution in [1.82, 2.24) is 5.32 Å². The molecule has 25 heavy (non-hydrogen) atoms. The van der Waals surface area contributed by atoms with Crippen molar-refractivity contribution in [2.24, 2.45) is 0 Å². The Hall–Kier alpha value is -2.47. The summed E-state index contributed by atoms with van der Waals surface area (Å²) in [6.45, 7) is 6.09. The zero-order valence-corrected chi connectivity index (χ0v) is 14.8. The highest BCUT2D eigenvalue weighted by atomic mass is 16.5. The number of nitrogens with zero attached hydrogens (tertiary/aromatic N) is 1. The summed E-state index contributed by atoms with van der Waals surface area (Å²) in [5, 5.41) is 2.94. The van der Waals surface area contributed by atoms with Crippen molar-refractivity contribution in [3.05, 3.63) is 48.4 Å². The van der Waals surface area contributed by atoms with Gasteiger partial charge in [0, 0.05) is 12.6 Å². The molecule has 0 radical (unpaired) electrons. The van der Waals surface area contributed by atoms with Gasteiger partial charge in [-0.15, -0.1) is 0 Å². The molecule has 3 rings (SSSR count). The second-order valence-corrected chi connectivity index (χ2v) is 6.35. The molecule has 2 N–H and O–H groups in total. The van der Waals surface area contributed by atoms with Crippen molar-refractivity contribution >= 4 is 11.6 Å². The second-order valence-electron chi connectivity index (χ2n) is 6.35. The van der Waals surface area contributed by atoms with Crippen molar-refractivity contribution in [3.8, 4) is 5.75 Å². The van der Waals surface area contributed by atoms with Crippen LogP contribution in [0.25, 0.3) is 0 Å². The summed E-state index contributed by atoms with van der Waals surface area (Å²) in [6.07, 6.45) is 1.70. The largest absolute Gasteiger partial charge is 0.497 e. The maximum Gasteiger partial charge on any atom is 0.217 e. The SMILES string of the molecule is COc1ccc(N2CC[NH+]([C@H](CNC(C)=O)c3ccco3)CC2)cc1. The molecular formula is C19H26N3O3+. The Morgan fingerprint density at radius 1 is 1.28 bits per heavy atom. The van der Waals surface area contributed by atoms with Gasteiger partial charge in [0.25, 0.3) is 0 Å². The van der Waals surface area contributed by atoms with Gasteiger partial charge in [0.05, 0.1) is 46.1 Å². The number of nitrogens with one attached hydrogen (secondary N) is 2. The van der Waals surface area contributed by atoms with E-state index in [0.717, 1.165) is 37.7 Å². The van der Waals surface area contributed by atoms with Gasteiger partial charge in [-0.3, -0.25) is 4.79 Å². The van der Waals surface area contributed by atoms with Gasteiger partial charge in [-0.05, 0) is 36.4 Å². The number of hydrogen-bond acceptors (Lipinski definition) is 4. The van der Waals surface area contributed by atoms with E-state index < -0.39 is 0 Å². The van der Waals surface area contributed by atoms with Crippen LogP contribution in [0.15, 0.2) is 47.1 Å². The zero-order chi connectivity index (χ0) is 17.6. The minimum absolute atomic E-state index is 0.00664. The summed E-state index contributed by atoms with van der Waals surface area (Å²) < 4.78 is 10.8. The average Bonchev–Trinajstić information content (AvgIpc) is 3.17. The molecule has 0 spiro atoms. The van der Waals surface area contributed by atoms with Gasteiger partial charge in [-0.2, -0.15) is 0 Å². The lowest BCUT2D eigenvalue weighted by Gasteiger charge is -2.37. The van der Waals surface area contributed by atoms with Gasteiger partial charge in [0.2, 0.25) is 5.91 Å². The fourth-order valence-electron chi connectivity index (χ4n) is 3.38. The predicted octanol–water partition coefficient (Wildman–Crippen LogP) is 0.871. The fraction of sp³-hybridized carbons (Fsp3) is 0.421. The predicted molar refractivity (Wildman–Crippen MR) is 96.0 cm³/mol. The van der Waals surface area contributed by atoms with E-state index in [2.05, 4.69) is 22.3 Å². The highest BCUT2D eigenvalue weighted by Gasteiger charge is 2.30. The third-order valence-corrected chi connectivity index (χ3v) is 4.78. The minimum Gasteiger partial charge on any atom is -0.497 e. The van der Waals surface area contributed by atoms with Crippen LogP contribution >= 0.6 is 0 Å². The normalized spacial score (nSPS) is 16.5. The molecule has 1 aromatic heterocycles. The van der Waals surface area contributed by atoms with E-state index in [-0.39, 0.29) is 11.9 Å². The number of furan rings is 1. The summed E-state index contributed by atoms with van der Waals surface area (Å²) >= 11 is 0. The van der Waals surface area contributed by atoms with Crippen LogP contribution in [-0.4, -0.2) is 45.7 Å². The Bertz CT molecular complexity index is 662. The van der Waals surface area contributed by atoms with Gasteiger partial charge < -0.3 is 24.3 Å². The molecule has 6 heteroatoms. The molecule has 1 atom stereocenters.